The first-order valence-corrected chi connectivity index (χ1v) is 8.52. The number of anilines is 1. The van der Waals surface area contributed by atoms with Crippen LogP contribution in [0.1, 0.15) is 44.0 Å². The molecule has 0 aromatic carbocycles. The van der Waals surface area contributed by atoms with Crippen LogP contribution in [-0.2, 0) is 6.54 Å². The van der Waals surface area contributed by atoms with Gasteiger partial charge in [-0.1, -0.05) is 24.2 Å². The van der Waals surface area contributed by atoms with Crippen LogP contribution in [0.15, 0.2) is 0 Å². The summed E-state index contributed by atoms with van der Waals surface area (Å²) in [5.41, 5.74) is -0.384. The maximum Gasteiger partial charge on any atom is 0.205 e. The minimum atomic E-state index is -0.384. The third-order valence-corrected chi connectivity index (χ3v) is 5.53. The monoisotopic (exact) mass is 296 g/mol. The number of nitrogens with zero attached hydrogens (tertiary/aromatic N) is 3. The molecule has 2 atom stereocenters. The average Bonchev–Trinajstić information content (AvgIpc) is 2.87. The molecule has 2 fully saturated rings. The van der Waals surface area contributed by atoms with E-state index in [-0.39, 0.29) is 5.60 Å². The van der Waals surface area contributed by atoms with Crippen molar-refractivity contribution >= 4 is 16.5 Å². The van der Waals surface area contributed by atoms with Gasteiger partial charge in [0, 0.05) is 25.6 Å². The SMILES string of the molecule is CCNc1nnc(CN2CCC3(O)CCCCC3C2)s1. The van der Waals surface area contributed by atoms with Gasteiger partial charge >= 0.3 is 0 Å². The number of hydrogen-bond donors (Lipinski definition) is 2. The Balaban J connectivity index is 1.58. The van der Waals surface area contributed by atoms with Crippen molar-refractivity contribution in [3.8, 4) is 0 Å². The van der Waals surface area contributed by atoms with Crippen LogP contribution in [0.5, 0.6) is 0 Å². The van der Waals surface area contributed by atoms with Crippen LogP contribution in [0.3, 0.4) is 0 Å². The first-order valence-electron chi connectivity index (χ1n) is 7.70. The zero-order valence-corrected chi connectivity index (χ0v) is 13.0. The number of aliphatic hydroxyl groups is 1. The van der Waals surface area contributed by atoms with Gasteiger partial charge in [-0.05, 0) is 26.2 Å². The lowest BCUT2D eigenvalue weighted by atomic mass is 9.71. The van der Waals surface area contributed by atoms with Gasteiger partial charge in [0.2, 0.25) is 5.13 Å². The molecule has 1 saturated heterocycles. The van der Waals surface area contributed by atoms with Gasteiger partial charge in [-0.25, -0.2) is 0 Å². The molecule has 0 amide bonds. The number of likely N-dealkylation sites (tertiary alicyclic amines) is 1. The summed E-state index contributed by atoms with van der Waals surface area (Å²) in [6.07, 6.45) is 5.54. The van der Waals surface area contributed by atoms with Gasteiger partial charge in [0.05, 0.1) is 12.1 Å². The van der Waals surface area contributed by atoms with Crippen LogP contribution in [0.4, 0.5) is 5.13 Å². The summed E-state index contributed by atoms with van der Waals surface area (Å²) in [4.78, 5) is 2.43. The van der Waals surface area contributed by atoms with E-state index in [1.165, 1.54) is 19.3 Å². The molecule has 3 rings (SSSR count). The summed E-state index contributed by atoms with van der Waals surface area (Å²) in [5, 5.41) is 24.3. The molecule has 1 aliphatic carbocycles. The Morgan fingerprint density at radius 2 is 2.30 bits per heavy atom. The molecule has 6 heteroatoms. The van der Waals surface area contributed by atoms with Crippen molar-refractivity contribution < 1.29 is 5.11 Å². The van der Waals surface area contributed by atoms with Crippen molar-refractivity contribution in [1.82, 2.24) is 15.1 Å². The van der Waals surface area contributed by atoms with Gasteiger partial charge in [-0.2, -0.15) is 0 Å². The molecule has 2 unspecified atom stereocenters. The molecule has 1 aromatic heterocycles. The molecule has 1 aliphatic heterocycles. The van der Waals surface area contributed by atoms with Gasteiger partial charge < -0.3 is 10.4 Å². The first kappa shape index (κ1) is 14.2. The molecule has 0 spiro atoms. The van der Waals surface area contributed by atoms with Gasteiger partial charge in [0.15, 0.2) is 0 Å². The lowest BCUT2D eigenvalue weighted by Gasteiger charge is -2.47. The highest BCUT2D eigenvalue weighted by Crippen LogP contribution is 2.40. The topological polar surface area (TPSA) is 61.3 Å². The number of rotatable bonds is 4. The van der Waals surface area contributed by atoms with Gasteiger partial charge in [0.25, 0.3) is 0 Å². The lowest BCUT2D eigenvalue weighted by Crippen LogP contribution is -2.52. The van der Waals surface area contributed by atoms with Gasteiger partial charge in [-0.15, -0.1) is 10.2 Å². The molecule has 5 nitrogen and oxygen atoms in total. The van der Waals surface area contributed by atoms with E-state index in [4.69, 9.17) is 0 Å². The highest BCUT2D eigenvalue weighted by atomic mass is 32.1. The highest BCUT2D eigenvalue weighted by Gasteiger charge is 2.42. The molecule has 20 heavy (non-hydrogen) atoms. The van der Waals surface area contributed by atoms with E-state index in [1.807, 2.05) is 0 Å². The summed E-state index contributed by atoms with van der Waals surface area (Å²) < 4.78 is 0. The maximum atomic E-state index is 10.7. The van der Waals surface area contributed by atoms with E-state index in [0.29, 0.717) is 5.92 Å². The first-order chi connectivity index (χ1) is 9.69. The third-order valence-electron chi connectivity index (χ3n) is 4.67. The van der Waals surface area contributed by atoms with E-state index in [9.17, 15) is 5.11 Å². The standard InChI is InChI=1S/C14H24N4OS/c1-2-15-13-17-16-12(20-13)10-18-8-7-14(19)6-4-3-5-11(14)9-18/h11,19H,2-10H2,1H3,(H,15,17). The molecule has 0 radical (unpaired) electrons. The minimum Gasteiger partial charge on any atom is -0.390 e. The Bertz CT molecular complexity index is 452. The summed E-state index contributed by atoms with van der Waals surface area (Å²) in [5.74, 6) is 0.450. The smallest absolute Gasteiger partial charge is 0.205 e. The summed E-state index contributed by atoms with van der Waals surface area (Å²) in [6.45, 7) is 5.80. The van der Waals surface area contributed by atoms with Crippen LogP contribution >= 0.6 is 11.3 Å². The molecular weight excluding hydrogens is 272 g/mol. The minimum absolute atomic E-state index is 0.384. The number of fused-ring (bicyclic) bond motifs is 1. The predicted octanol–water partition coefficient (Wildman–Crippen LogP) is 2.10. The Labute approximate surface area is 124 Å². The predicted molar refractivity (Wildman–Crippen MR) is 80.9 cm³/mol. The second-order valence-electron chi connectivity index (χ2n) is 6.06. The van der Waals surface area contributed by atoms with E-state index in [1.54, 1.807) is 11.3 Å². The Morgan fingerprint density at radius 1 is 1.40 bits per heavy atom. The molecule has 2 aliphatic rings. The molecule has 2 N–H and O–H groups in total. The summed E-state index contributed by atoms with van der Waals surface area (Å²) >= 11 is 1.64. The van der Waals surface area contributed by atoms with Crippen molar-refractivity contribution in [1.29, 1.82) is 0 Å². The number of piperidine rings is 1. The lowest BCUT2D eigenvalue weighted by molar-refractivity contribution is -0.0968. The van der Waals surface area contributed by atoms with Crippen LogP contribution in [-0.4, -0.2) is 45.4 Å². The number of aromatic nitrogens is 2. The quantitative estimate of drug-likeness (QED) is 0.891. The van der Waals surface area contributed by atoms with E-state index in [0.717, 1.165) is 49.2 Å². The van der Waals surface area contributed by atoms with Crippen molar-refractivity contribution in [2.45, 2.75) is 51.2 Å². The van der Waals surface area contributed by atoms with Crippen LogP contribution < -0.4 is 5.32 Å². The van der Waals surface area contributed by atoms with E-state index >= 15 is 0 Å². The summed E-state index contributed by atoms with van der Waals surface area (Å²) in [7, 11) is 0. The molecule has 2 heterocycles. The second-order valence-corrected chi connectivity index (χ2v) is 7.12. The van der Waals surface area contributed by atoms with Gasteiger partial charge in [-0.3, -0.25) is 4.90 Å². The third kappa shape index (κ3) is 2.97. The van der Waals surface area contributed by atoms with E-state index < -0.39 is 0 Å². The van der Waals surface area contributed by atoms with Crippen LogP contribution in [0.25, 0.3) is 0 Å². The number of nitrogens with one attached hydrogen (secondary N) is 1. The second kappa shape index (κ2) is 5.95. The van der Waals surface area contributed by atoms with E-state index in [2.05, 4.69) is 27.3 Å². The Hall–Kier alpha value is -0.720. The van der Waals surface area contributed by atoms with Crippen LogP contribution in [0, 0.1) is 5.92 Å². The Kier molecular flexibility index (Phi) is 4.23. The zero-order valence-electron chi connectivity index (χ0n) is 12.1. The average molecular weight is 296 g/mol. The maximum absolute atomic E-state index is 10.7. The van der Waals surface area contributed by atoms with Crippen molar-refractivity contribution in [2.24, 2.45) is 5.92 Å². The molecule has 1 saturated carbocycles. The Morgan fingerprint density at radius 3 is 3.15 bits per heavy atom. The zero-order chi connectivity index (χ0) is 14.0. The fourth-order valence-corrected chi connectivity index (χ4v) is 4.36. The normalized spacial score (nSPS) is 31.0. The fraction of sp³-hybridized carbons (Fsp3) is 0.857. The van der Waals surface area contributed by atoms with Crippen molar-refractivity contribution in [3.63, 3.8) is 0 Å². The number of hydrogen-bond acceptors (Lipinski definition) is 6. The summed E-state index contributed by atoms with van der Waals surface area (Å²) in [6, 6.07) is 0. The fourth-order valence-electron chi connectivity index (χ4n) is 3.51. The van der Waals surface area contributed by atoms with Gasteiger partial charge in [0.1, 0.15) is 5.01 Å². The van der Waals surface area contributed by atoms with Crippen LogP contribution in [0.2, 0.25) is 0 Å². The molecule has 0 bridgehead atoms. The van der Waals surface area contributed by atoms with Crippen molar-refractivity contribution in [2.75, 3.05) is 25.0 Å². The largest absolute Gasteiger partial charge is 0.390 e. The molecule has 112 valence electrons. The molecule has 1 aromatic rings. The molecular formula is C14H24N4OS. The van der Waals surface area contributed by atoms with Crippen molar-refractivity contribution in [3.05, 3.63) is 5.01 Å². The highest BCUT2D eigenvalue weighted by molar-refractivity contribution is 7.15.